The minimum atomic E-state index is -0.312. The number of carbonyl (C=O) groups is 2. The minimum absolute atomic E-state index is 0.0180. The van der Waals surface area contributed by atoms with Gasteiger partial charge in [0.15, 0.2) is 0 Å². The van der Waals surface area contributed by atoms with Gasteiger partial charge in [-0.15, -0.1) is 0 Å². The van der Waals surface area contributed by atoms with Crippen molar-refractivity contribution in [3.05, 3.63) is 0 Å². The highest BCUT2D eigenvalue weighted by atomic mass is 32.2. The van der Waals surface area contributed by atoms with Crippen LogP contribution in [0.2, 0.25) is 0 Å². The molecule has 1 N–H and O–H groups in total. The third-order valence-corrected chi connectivity index (χ3v) is 3.76. The van der Waals surface area contributed by atoms with Crippen LogP contribution in [-0.4, -0.2) is 47.4 Å². The van der Waals surface area contributed by atoms with E-state index in [1.54, 1.807) is 16.7 Å². The second kappa shape index (κ2) is 6.28. The van der Waals surface area contributed by atoms with Gasteiger partial charge in [-0.1, -0.05) is 13.8 Å². The van der Waals surface area contributed by atoms with E-state index >= 15 is 0 Å². The molecule has 1 heterocycles. The highest BCUT2D eigenvalue weighted by Gasteiger charge is 2.38. The van der Waals surface area contributed by atoms with Crippen LogP contribution in [0.15, 0.2) is 0 Å². The van der Waals surface area contributed by atoms with Gasteiger partial charge in [-0.2, -0.15) is 11.8 Å². The number of hydrogen-bond acceptors (Lipinski definition) is 3. The number of nitrogens with one attached hydrogen (secondary N) is 1. The first-order valence-corrected chi connectivity index (χ1v) is 7.46. The molecule has 4 nitrogen and oxygen atoms in total. The van der Waals surface area contributed by atoms with Gasteiger partial charge in [-0.05, 0) is 31.3 Å². The lowest BCUT2D eigenvalue weighted by atomic mass is 9.97. The van der Waals surface area contributed by atoms with Gasteiger partial charge in [-0.3, -0.25) is 9.59 Å². The molecule has 1 rings (SSSR count). The normalized spacial score (nSPS) is 22.9. The average Bonchev–Trinajstić information content (AvgIpc) is 2.28. The first-order valence-electron chi connectivity index (χ1n) is 6.06. The molecule has 2 amide bonds. The number of hydrogen-bond donors (Lipinski definition) is 1. The topological polar surface area (TPSA) is 49.4 Å². The van der Waals surface area contributed by atoms with Crippen LogP contribution in [0.4, 0.5) is 0 Å². The fraction of sp³-hybridized carbons (Fsp3) is 0.833. The van der Waals surface area contributed by atoms with E-state index in [9.17, 15) is 9.59 Å². The fourth-order valence-corrected chi connectivity index (χ4v) is 2.79. The molecule has 1 aliphatic rings. The molecule has 1 saturated heterocycles. The van der Waals surface area contributed by atoms with Gasteiger partial charge in [0.05, 0.1) is 6.54 Å². The predicted octanol–water partition coefficient (Wildman–Crippen LogP) is 1.11. The van der Waals surface area contributed by atoms with E-state index in [0.29, 0.717) is 0 Å². The number of nitrogens with zero attached hydrogens (tertiary/aromatic N) is 1. The molecule has 1 aliphatic heterocycles. The molecule has 0 aromatic heterocycles. The largest absolute Gasteiger partial charge is 0.345 e. The number of rotatable bonds is 5. The molecule has 17 heavy (non-hydrogen) atoms. The molecule has 98 valence electrons. The van der Waals surface area contributed by atoms with Crippen molar-refractivity contribution in [2.75, 3.05) is 18.6 Å². The van der Waals surface area contributed by atoms with Crippen molar-refractivity contribution in [3.8, 4) is 0 Å². The second-order valence-electron chi connectivity index (χ2n) is 4.84. The van der Waals surface area contributed by atoms with Crippen molar-refractivity contribution in [2.45, 2.75) is 39.3 Å². The van der Waals surface area contributed by atoms with Crippen LogP contribution in [0.1, 0.15) is 27.2 Å². The van der Waals surface area contributed by atoms with Crippen LogP contribution < -0.4 is 5.32 Å². The van der Waals surface area contributed by atoms with Crippen LogP contribution in [0, 0.1) is 5.92 Å². The molecule has 0 saturated carbocycles. The molecular formula is C12H22N2O2S. The molecule has 0 bridgehead atoms. The highest BCUT2D eigenvalue weighted by Crippen LogP contribution is 2.20. The monoisotopic (exact) mass is 258 g/mol. The first kappa shape index (κ1) is 14.4. The van der Waals surface area contributed by atoms with Crippen molar-refractivity contribution >= 4 is 23.6 Å². The summed E-state index contributed by atoms with van der Waals surface area (Å²) in [5, 5.41) is 2.67. The van der Waals surface area contributed by atoms with E-state index in [4.69, 9.17) is 0 Å². The Balaban J connectivity index is 2.81. The van der Waals surface area contributed by atoms with Gasteiger partial charge in [0.2, 0.25) is 11.8 Å². The SMILES string of the molecule is CSCCC(C)N1C(=O)CNC(=O)C1C(C)C. The predicted molar refractivity (Wildman–Crippen MR) is 70.9 cm³/mol. The lowest BCUT2D eigenvalue weighted by Gasteiger charge is -2.41. The quantitative estimate of drug-likeness (QED) is 0.803. The maximum atomic E-state index is 12.0. The molecule has 0 aromatic rings. The molecule has 5 heteroatoms. The summed E-state index contributed by atoms with van der Waals surface area (Å²) in [5.41, 5.74) is 0. The highest BCUT2D eigenvalue weighted by molar-refractivity contribution is 7.98. The Kier molecular flexibility index (Phi) is 5.31. The van der Waals surface area contributed by atoms with Crippen molar-refractivity contribution < 1.29 is 9.59 Å². The molecule has 0 aliphatic carbocycles. The van der Waals surface area contributed by atoms with E-state index in [1.165, 1.54) is 0 Å². The van der Waals surface area contributed by atoms with Crippen LogP contribution in [0.25, 0.3) is 0 Å². The Morgan fingerprint density at radius 2 is 2.06 bits per heavy atom. The van der Waals surface area contributed by atoms with Crippen molar-refractivity contribution in [3.63, 3.8) is 0 Å². The summed E-state index contributed by atoms with van der Waals surface area (Å²) in [6, 6.07) is -0.179. The molecule has 2 atom stereocenters. The van der Waals surface area contributed by atoms with E-state index in [2.05, 4.69) is 11.6 Å². The summed E-state index contributed by atoms with van der Waals surface area (Å²) in [6.07, 6.45) is 2.99. The standard InChI is InChI=1S/C12H22N2O2S/c1-8(2)11-12(16)13-7-10(15)14(11)9(3)5-6-17-4/h8-9,11H,5-7H2,1-4H3,(H,13,16). The van der Waals surface area contributed by atoms with Crippen LogP contribution >= 0.6 is 11.8 Å². The molecule has 0 spiro atoms. The number of carbonyl (C=O) groups excluding carboxylic acids is 2. The van der Waals surface area contributed by atoms with Crippen molar-refractivity contribution in [1.82, 2.24) is 10.2 Å². The maximum absolute atomic E-state index is 12.0. The van der Waals surface area contributed by atoms with Gasteiger partial charge < -0.3 is 10.2 Å². The molecule has 0 aromatic carbocycles. The Hall–Kier alpha value is -0.710. The van der Waals surface area contributed by atoms with Crippen LogP contribution in [0.5, 0.6) is 0 Å². The summed E-state index contributed by atoms with van der Waals surface area (Å²) >= 11 is 1.77. The average molecular weight is 258 g/mol. The minimum Gasteiger partial charge on any atom is -0.345 e. The van der Waals surface area contributed by atoms with Gasteiger partial charge in [0.1, 0.15) is 6.04 Å². The van der Waals surface area contributed by atoms with Gasteiger partial charge in [-0.25, -0.2) is 0 Å². The zero-order valence-corrected chi connectivity index (χ0v) is 11.8. The molecular weight excluding hydrogens is 236 g/mol. The van der Waals surface area contributed by atoms with Gasteiger partial charge >= 0.3 is 0 Å². The second-order valence-corrected chi connectivity index (χ2v) is 5.82. The van der Waals surface area contributed by atoms with E-state index < -0.39 is 0 Å². The summed E-state index contributed by atoms with van der Waals surface area (Å²) in [6.45, 7) is 6.14. The molecule has 2 unspecified atom stereocenters. The smallest absolute Gasteiger partial charge is 0.243 e. The van der Waals surface area contributed by atoms with Gasteiger partial charge in [0.25, 0.3) is 0 Å². The lowest BCUT2D eigenvalue weighted by molar-refractivity contribution is -0.149. The zero-order valence-electron chi connectivity index (χ0n) is 11.0. The lowest BCUT2D eigenvalue weighted by Crippen LogP contribution is -2.62. The van der Waals surface area contributed by atoms with Crippen molar-refractivity contribution in [2.24, 2.45) is 5.92 Å². The number of thioether (sulfide) groups is 1. The fourth-order valence-electron chi connectivity index (χ4n) is 2.21. The Labute approximate surface area is 108 Å². The Morgan fingerprint density at radius 1 is 1.41 bits per heavy atom. The molecule has 1 fully saturated rings. The van der Waals surface area contributed by atoms with Crippen LogP contribution in [0.3, 0.4) is 0 Å². The summed E-state index contributed by atoms with van der Waals surface area (Å²) in [4.78, 5) is 25.6. The number of piperazine rings is 1. The van der Waals surface area contributed by atoms with E-state index in [1.807, 2.05) is 20.8 Å². The van der Waals surface area contributed by atoms with Gasteiger partial charge in [0, 0.05) is 6.04 Å². The Morgan fingerprint density at radius 3 is 2.59 bits per heavy atom. The first-order chi connectivity index (χ1) is 7.99. The third kappa shape index (κ3) is 3.37. The van der Waals surface area contributed by atoms with Crippen molar-refractivity contribution in [1.29, 1.82) is 0 Å². The summed E-state index contributed by atoms with van der Waals surface area (Å²) in [7, 11) is 0. The maximum Gasteiger partial charge on any atom is 0.243 e. The zero-order chi connectivity index (χ0) is 13.0. The number of amides is 2. The van der Waals surface area contributed by atoms with E-state index in [0.717, 1.165) is 12.2 Å². The van der Waals surface area contributed by atoms with E-state index in [-0.39, 0.29) is 36.4 Å². The third-order valence-electron chi connectivity index (χ3n) is 3.12. The van der Waals surface area contributed by atoms with Crippen LogP contribution in [-0.2, 0) is 9.59 Å². The Bertz CT molecular complexity index is 294. The molecule has 0 radical (unpaired) electrons. The summed E-state index contributed by atoms with van der Waals surface area (Å²) in [5.74, 6) is 1.18. The summed E-state index contributed by atoms with van der Waals surface area (Å²) < 4.78 is 0.